The van der Waals surface area contributed by atoms with Crippen LogP contribution in [0.15, 0.2) is 36.4 Å². The fourth-order valence-corrected chi connectivity index (χ4v) is 4.48. The summed E-state index contributed by atoms with van der Waals surface area (Å²) in [6, 6.07) is 10.5. The van der Waals surface area contributed by atoms with Crippen LogP contribution in [0.5, 0.6) is 11.5 Å². The van der Waals surface area contributed by atoms with Gasteiger partial charge in [0.1, 0.15) is 17.1 Å². The van der Waals surface area contributed by atoms with Crippen LogP contribution in [0.2, 0.25) is 5.02 Å². The number of aromatic nitrogens is 1. The molecule has 2 unspecified atom stereocenters. The minimum Gasteiger partial charge on any atom is -0.496 e. The van der Waals surface area contributed by atoms with E-state index in [9.17, 15) is 4.79 Å². The quantitative estimate of drug-likeness (QED) is 0.618. The number of anilines is 1. The molecule has 0 aliphatic carbocycles. The van der Waals surface area contributed by atoms with Gasteiger partial charge in [0.05, 0.1) is 49.7 Å². The second-order valence-corrected chi connectivity index (χ2v) is 8.00. The van der Waals surface area contributed by atoms with Crippen molar-refractivity contribution in [1.82, 2.24) is 10.3 Å². The minimum absolute atomic E-state index is 0.115. The van der Waals surface area contributed by atoms with Crippen molar-refractivity contribution >= 4 is 44.2 Å². The number of carbonyl (C=O) groups is 1. The van der Waals surface area contributed by atoms with Crippen LogP contribution in [0.3, 0.4) is 0 Å². The third kappa shape index (κ3) is 4.10. The highest BCUT2D eigenvalue weighted by atomic mass is 35.5. The van der Waals surface area contributed by atoms with Crippen LogP contribution < -0.4 is 20.1 Å². The van der Waals surface area contributed by atoms with Crippen molar-refractivity contribution in [2.24, 2.45) is 0 Å². The number of halogens is 1. The topological polar surface area (TPSA) is 81.7 Å². The van der Waals surface area contributed by atoms with Gasteiger partial charge in [-0.2, -0.15) is 0 Å². The highest BCUT2D eigenvalue weighted by molar-refractivity contribution is 7.22. The molecule has 29 heavy (non-hydrogen) atoms. The number of benzene rings is 2. The molecule has 3 aromatic rings. The van der Waals surface area contributed by atoms with Crippen molar-refractivity contribution in [3.05, 3.63) is 47.0 Å². The van der Waals surface area contributed by atoms with Crippen LogP contribution in [-0.2, 0) is 4.74 Å². The van der Waals surface area contributed by atoms with Gasteiger partial charge in [0.15, 0.2) is 5.13 Å². The highest BCUT2D eigenvalue weighted by Gasteiger charge is 2.32. The number of hydrogen-bond acceptors (Lipinski definition) is 7. The van der Waals surface area contributed by atoms with Gasteiger partial charge in [-0.15, -0.1) is 0 Å². The van der Waals surface area contributed by atoms with Gasteiger partial charge in [-0.1, -0.05) is 29.0 Å². The van der Waals surface area contributed by atoms with Gasteiger partial charge in [0.2, 0.25) is 0 Å². The molecule has 0 spiro atoms. The smallest absolute Gasteiger partial charge is 0.259 e. The van der Waals surface area contributed by atoms with Crippen LogP contribution in [0.4, 0.5) is 5.13 Å². The zero-order chi connectivity index (χ0) is 20.4. The number of methoxy groups -OCH3 is 2. The first kappa shape index (κ1) is 19.8. The van der Waals surface area contributed by atoms with Crippen molar-refractivity contribution in [3.8, 4) is 11.5 Å². The largest absolute Gasteiger partial charge is 0.496 e. The van der Waals surface area contributed by atoms with E-state index in [-0.39, 0.29) is 18.0 Å². The normalized spacial score (nSPS) is 18.6. The van der Waals surface area contributed by atoms with E-state index in [2.05, 4.69) is 15.6 Å². The Hall–Kier alpha value is -2.55. The Morgan fingerprint density at radius 1 is 1.17 bits per heavy atom. The van der Waals surface area contributed by atoms with E-state index in [1.165, 1.54) is 25.6 Å². The molecule has 9 heteroatoms. The van der Waals surface area contributed by atoms with Crippen LogP contribution in [0.1, 0.15) is 10.4 Å². The summed E-state index contributed by atoms with van der Waals surface area (Å²) >= 11 is 7.57. The summed E-state index contributed by atoms with van der Waals surface area (Å²) in [7, 11) is 3.04. The monoisotopic (exact) mass is 433 g/mol. The fourth-order valence-electron chi connectivity index (χ4n) is 3.27. The molecule has 1 aromatic heterocycles. The van der Waals surface area contributed by atoms with Crippen molar-refractivity contribution in [2.45, 2.75) is 12.1 Å². The van der Waals surface area contributed by atoms with E-state index in [0.29, 0.717) is 35.3 Å². The summed E-state index contributed by atoms with van der Waals surface area (Å²) in [5, 5.41) is 7.83. The second-order valence-electron chi connectivity index (χ2n) is 6.54. The van der Waals surface area contributed by atoms with E-state index in [1.807, 2.05) is 18.2 Å². The first-order valence-corrected chi connectivity index (χ1v) is 10.2. The number of nitrogens with zero attached hydrogens (tertiary/aromatic N) is 1. The van der Waals surface area contributed by atoms with Crippen LogP contribution >= 0.6 is 22.9 Å². The number of nitrogens with one attached hydrogen (secondary N) is 2. The van der Waals surface area contributed by atoms with Crippen molar-refractivity contribution < 1.29 is 19.0 Å². The third-order valence-electron chi connectivity index (χ3n) is 4.71. The molecule has 2 heterocycles. The number of rotatable bonds is 6. The van der Waals surface area contributed by atoms with Crippen molar-refractivity contribution in [1.29, 1.82) is 0 Å². The Kier molecular flexibility index (Phi) is 5.75. The lowest BCUT2D eigenvalue weighted by atomic mass is 10.1. The predicted molar refractivity (Wildman–Crippen MR) is 114 cm³/mol. The van der Waals surface area contributed by atoms with Gasteiger partial charge < -0.3 is 24.8 Å². The minimum atomic E-state index is -0.280. The van der Waals surface area contributed by atoms with Crippen molar-refractivity contribution in [2.75, 3.05) is 32.8 Å². The predicted octanol–water partition coefficient (Wildman–Crippen LogP) is 3.58. The molecule has 1 amide bonds. The molecule has 7 nitrogen and oxygen atoms in total. The molecule has 0 radical (unpaired) electrons. The Bertz CT molecular complexity index is 1020. The summed E-state index contributed by atoms with van der Waals surface area (Å²) in [6.07, 6.45) is 0. The molecule has 152 valence electrons. The lowest BCUT2D eigenvalue weighted by Crippen LogP contribution is -2.46. The lowest BCUT2D eigenvalue weighted by molar-refractivity contribution is 0.0922. The molecule has 0 bridgehead atoms. The van der Waals surface area contributed by atoms with Crippen LogP contribution in [0, 0.1) is 0 Å². The number of fused-ring (bicyclic) bond motifs is 1. The van der Waals surface area contributed by atoms with E-state index in [4.69, 9.17) is 25.8 Å². The van der Waals surface area contributed by atoms with Gasteiger partial charge in [0, 0.05) is 5.02 Å². The summed E-state index contributed by atoms with van der Waals surface area (Å²) in [5.41, 5.74) is 1.23. The molecule has 1 saturated heterocycles. The lowest BCUT2D eigenvalue weighted by Gasteiger charge is -2.21. The molecule has 1 aliphatic rings. The number of carbonyl (C=O) groups excluding carboxylic acids is 1. The van der Waals surface area contributed by atoms with Gasteiger partial charge in [-0.25, -0.2) is 4.98 Å². The Morgan fingerprint density at radius 3 is 2.62 bits per heavy atom. The molecule has 1 aliphatic heterocycles. The fraction of sp³-hybridized carbons (Fsp3) is 0.300. The summed E-state index contributed by atoms with van der Waals surface area (Å²) in [5.74, 6) is 0.624. The molecule has 0 saturated carbocycles. The number of ether oxygens (including phenoxy) is 3. The molecular weight excluding hydrogens is 414 g/mol. The molecule has 2 N–H and O–H groups in total. The Morgan fingerprint density at radius 2 is 1.90 bits per heavy atom. The number of hydrogen-bond donors (Lipinski definition) is 2. The van der Waals surface area contributed by atoms with Crippen LogP contribution in [-0.4, -0.2) is 50.4 Å². The zero-order valence-corrected chi connectivity index (χ0v) is 17.5. The average Bonchev–Trinajstić information content (AvgIpc) is 3.33. The number of thiazole rings is 1. The van der Waals surface area contributed by atoms with Gasteiger partial charge >= 0.3 is 0 Å². The molecular formula is C20H20ClN3O4S. The van der Waals surface area contributed by atoms with E-state index < -0.39 is 0 Å². The standard InChI is InChI=1S/C20H20ClN3O4S/c1-26-15-4-3-5-16(27-2)18(15)19(25)22-13-9-28-10-14(13)24-20-23-12-7-6-11(21)8-17(12)29-20/h3-8,13-14H,9-10H2,1-2H3,(H,22,25)(H,23,24). The van der Waals surface area contributed by atoms with Crippen LogP contribution in [0.25, 0.3) is 10.2 Å². The highest BCUT2D eigenvalue weighted by Crippen LogP contribution is 2.30. The maximum atomic E-state index is 13.0. The van der Waals surface area contributed by atoms with E-state index in [0.717, 1.165) is 15.3 Å². The second kappa shape index (κ2) is 8.44. The molecule has 4 rings (SSSR count). The molecule has 2 aromatic carbocycles. The Balaban J connectivity index is 1.51. The summed E-state index contributed by atoms with van der Waals surface area (Å²) < 4.78 is 17.3. The summed E-state index contributed by atoms with van der Waals surface area (Å²) in [6.45, 7) is 0.863. The van der Waals surface area contributed by atoms with Crippen molar-refractivity contribution in [3.63, 3.8) is 0 Å². The van der Waals surface area contributed by atoms with Gasteiger partial charge in [0.25, 0.3) is 5.91 Å². The zero-order valence-electron chi connectivity index (χ0n) is 15.9. The first-order valence-electron chi connectivity index (χ1n) is 9.01. The Labute approximate surface area is 176 Å². The van der Waals surface area contributed by atoms with E-state index >= 15 is 0 Å². The molecule has 2 atom stereocenters. The maximum absolute atomic E-state index is 13.0. The first-order chi connectivity index (χ1) is 14.1. The summed E-state index contributed by atoms with van der Waals surface area (Å²) in [4.78, 5) is 17.5. The van der Waals surface area contributed by atoms with Gasteiger partial charge in [-0.3, -0.25) is 4.79 Å². The SMILES string of the molecule is COc1cccc(OC)c1C(=O)NC1COCC1Nc1nc2ccc(Cl)cc2s1. The maximum Gasteiger partial charge on any atom is 0.259 e. The van der Waals surface area contributed by atoms with E-state index in [1.54, 1.807) is 18.2 Å². The number of amides is 1. The third-order valence-corrected chi connectivity index (χ3v) is 5.90. The molecule has 1 fully saturated rings. The van der Waals surface area contributed by atoms with Gasteiger partial charge in [-0.05, 0) is 30.3 Å². The average molecular weight is 434 g/mol.